The highest BCUT2D eigenvalue weighted by atomic mass is 32.2. The van der Waals surface area contributed by atoms with Crippen molar-refractivity contribution in [2.75, 3.05) is 11.5 Å². The lowest BCUT2D eigenvalue weighted by Crippen LogP contribution is -2.38. The molecule has 94 valence electrons. The topological polar surface area (TPSA) is 46.2 Å². The highest BCUT2D eigenvalue weighted by Crippen LogP contribution is 2.18. The van der Waals surface area contributed by atoms with E-state index in [1.165, 1.54) is 5.56 Å². The molecule has 0 amide bonds. The lowest BCUT2D eigenvalue weighted by atomic mass is 10.1. The summed E-state index contributed by atoms with van der Waals surface area (Å²) < 4.78 is 22.6. The van der Waals surface area contributed by atoms with Gasteiger partial charge in [0.05, 0.1) is 11.5 Å². The molecule has 1 fully saturated rings. The number of nitrogens with one attached hydrogen (secondary N) is 1. The van der Waals surface area contributed by atoms with Crippen LogP contribution in [0.3, 0.4) is 0 Å². The maximum absolute atomic E-state index is 11.3. The molecule has 1 aromatic carbocycles. The average molecular weight is 253 g/mol. The normalized spacial score (nSPS) is 22.2. The molecule has 1 heterocycles. The van der Waals surface area contributed by atoms with E-state index in [0.29, 0.717) is 17.5 Å². The van der Waals surface area contributed by atoms with Crippen LogP contribution >= 0.6 is 0 Å². The van der Waals surface area contributed by atoms with Crippen molar-refractivity contribution in [3.63, 3.8) is 0 Å². The molecule has 0 aliphatic carbocycles. The monoisotopic (exact) mass is 253 g/mol. The zero-order valence-electron chi connectivity index (χ0n) is 10.1. The first-order valence-corrected chi connectivity index (χ1v) is 7.90. The molecule has 0 radical (unpaired) electrons. The zero-order valence-corrected chi connectivity index (χ0v) is 10.9. The van der Waals surface area contributed by atoms with Crippen molar-refractivity contribution in [3.05, 3.63) is 35.9 Å². The molecule has 0 bridgehead atoms. The number of hydrogen-bond acceptors (Lipinski definition) is 3. The highest BCUT2D eigenvalue weighted by Gasteiger charge is 2.24. The Hall–Kier alpha value is -0.870. The number of hydrogen-bond donors (Lipinski definition) is 1. The Morgan fingerprint density at radius 1 is 1.18 bits per heavy atom. The van der Waals surface area contributed by atoms with Crippen LogP contribution in [0.2, 0.25) is 0 Å². The summed E-state index contributed by atoms with van der Waals surface area (Å²) in [5, 5.41) is 3.51. The second-order valence-electron chi connectivity index (χ2n) is 4.73. The van der Waals surface area contributed by atoms with Crippen molar-refractivity contribution in [2.45, 2.75) is 31.8 Å². The third kappa shape index (κ3) is 3.54. The summed E-state index contributed by atoms with van der Waals surface area (Å²) in [7, 11) is -2.76. The van der Waals surface area contributed by atoms with Gasteiger partial charge in [-0.25, -0.2) is 8.42 Å². The Labute approximate surface area is 103 Å². The second kappa shape index (κ2) is 5.19. The number of rotatable bonds is 3. The lowest BCUT2D eigenvalue weighted by molar-refractivity contribution is 0.420. The molecule has 1 atom stereocenters. The Kier molecular flexibility index (Phi) is 3.84. The lowest BCUT2D eigenvalue weighted by Gasteiger charge is -2.26. The van der Waals surface area contributed by atoms with E-state index in [9.17, 15) is 8.42 Å². The van der Waals surface area contributed by atoms with E-state index in [-0.39, 0.29) is 6.04 Å². The van der Waals surface area contributed by atoms with Gasteiger partial charge in [0.2, 0.25) is 0 Å². The Morgan fingerprint density at radius 2 is 1.76 bits per heavy atom. The van der Waals surface area contributed by atoms with Crippen LogP contribution in [0.25, 0.3) is 0 Å². The van der Waals surface area contributed by atoms with Crippen molar-refractivity contribution in [1.29, 1.82) is 0 Å². The molecule has 1 aliphatic heterocycles. The van der Waals surface area contributed by atoms with Gasteiger partial charge in [-0.2, -0.15) is 0 Å². The summed E-state index contributed by atoms with van der Waals surface area (Å²) in [6, 6.07) is 10.9. The van der Waals surface area contributed by atoms with E-state index in [1.54, 1.807) is 0 Å². The molecule has 4 heteroatoms. The standard InChI is InChI=1S/C13H19NO2S/c1-11(12-5-3-2-4-6-12)14-13-7-9-17(15,16)10-8-13/h2-6,11,13-14H,7-10H2,1H3/t11-/m1/s1. The smallest absolute Gasteiger partial charge is 0.150 e. The maximum Gasteiger partial charge on any atom is 0.150 e. The van der Waals surface area contributed by atoms with Crippen molar-refractivity contribution in [1.82, 2.24) is 5.32 Å². The van der Waals surface area contributed by atoms with Crippen molar-refractivity contribution in [2.24, 2.45) is 0 Å². The van der Waals surface area contributed by atoms with Gasteiger partial charge in [-0.3, -0.25) is 0 Å². The molecule has 1 saturated heterocycles. The van der Waals surface area contributed by atoms with E-state index in [0.717, 1.165) is 12.8 Å². The van der Waals surface area contributed by atoms with E-state index >= 15 is 0 Å². The van der Waals surface area contributed by atoms with Gasteiger partial charge in [-0.15, -0.1) is 0 Å². The average Bonchev–Trinajstić information content (AvgIpc) is 2.33. The van der Waals surface area contributed by atoms with Gasteiger partial charge in [-0.05, 0) is 25.3 Å². The molecular weight excluding hydrogens is 234 g/mol. The highest BCUT2D eigenvalue weighted by molar-refractivity contribution is 7.91. The predicted molar refractivity (Wildman–Crippen MR) is 69.7 cm³/mol. The Bertz CT molecular complexity index is 442. The van der Waals surface area contributed by atoms with Crippen molar-refractivity contribution < 1.29 is 8.42 Å². The first-order valence-electron chi connectivity index (χ1n) is 6.08. The number of sulfone groups is 1. The van der Waals surface area contributed by atoms with Crippen LogP contribution in [0.4, 0.5) is 0 Å². The predicted octanol–water partition coefficient (Wildman–Crippen LogP) is 1.91. The van der Waals surface area contributed by atoms with E-state index < -0.39 is 9.84 Å². The van der Waals surface area contributed by atoms with Crippen LogP contribution in [-0.2, 0) is 9.84 Å². The molecule has 17 heavy (non-hydrogen) atoms. The molecule has 1 aromatic rings. The molecule has 3 nitrogen and oxygen atoms in total. The van der Waals surface area contributed by atoms with E-state index in [2.05, 4.69) is 24.4 Å². The third-order valence-electron chi connectivity index (χ3n) is 3.34. The summed E-state index contributed by atoms with van der Waals surface area (Å²) in [5.41, 5.74) is 1.25. The fraction of sp³-hybridized carbons (Fsp3) is 0.538. The van der Waals surface area contributed by atoms with Crippen LogP contribution in [0.5, 0.6) is 0 Å². The van der Waals surface area contributed by atoms with E-state index in [1.807, 2.05) is 18.2 Å². The zero-order chi connectivity index (χ0) is 12.3. The van der Waals surface area contributed by atoms with Crippen LogP contribution < -0.4 is 5.32 Å². The van der Waals surface area contributed by atoms with Gasteiger partial charge in [0.15, 0.2) is 0 Å². The SMILES string of the molecule is C[C@@H](NC1CCS(=O)(=O)CC1)c1ccccc1. The largest absolute Gasteiger partial charge is 0.307 e. The molecule has 0 saturated carbocycles. The van der Waals surface area contributed by atoms with Crippen LogP contribution in [0.1, 0.15) is 31.4 Å². The van der Waals surface area contributed by atoms with Gasteiger partial charge in [0, 0.05) is 12.1 Å². The Balaban J connectivity index is 1.90. The van der Waals surface area contributed by atoms with Gasteiger partial charge < -0.3 is 5.32 Å². The fourth-order valence-electron chi connectivity index (χ4n) is 2.25. The third-order valence-corrected chi connectivity index (χ3v) is 5.06. The quantitative estimate of drug-likeness (QED) is 0.895. The molecule has 1 N–H and O–H groups in total. The van der Waals surface area contributed by atoms with Gasteiger partial charge in [0.25, 0.3) is 0 Å². The Morgan fingerprint density at radius 3 is 2.35 bits per heavy atom. The summed E-state index contributed by atoms with van der Waals surface area (Å²) in [6.07, 6.45) is 1.47. The van der Waals surface area contributed by atoms with Crippen molar-refractivity contribution in [3.8, 4) is 0 Å². The minimum absolute atomic E-state index is 0.280. The minimum Gasteiger partial charge on any atom is -0.307 e. The first-order chi connectivity index (χ1) is 8.07. The maximum atomic E-state index is 11.3. The van der Waals surface area contributed by atoms with E-state index in [4.69, 9.17) is 0 Å². The van der Waals surface area contributed by atoms with Gasteiger partial charge in [0.1, 0.15) is 9.84 Å². The second-order valence-corrected chi connectivity index (χ2v) is 7.03. The number of benzene rings is 1. The van der Waals surface area contributed by atoms with Gasteiger partial charge in [-0.1, -0.05) is 30.3 Å². The van der Waals surface area contributed by atoms with Crippen LogP contribution in [-0.4, -0.2) is 26.0 Å². The molecule has 2 rings (SSSR count). The first kappa shape index (κ1) is 12.6. The summed E-state index contributed by atoms with van der Waals surface area (Å²) >= 11 is 0. The molecule has 0 aromatic heterocycles. The summed E-state index contributed by atoms with van der Waals surface area (Å²) in [4.78, 5) is 0. The molecule has 0 unspecified atom stereocenters. The molecule has 1 aliphatic rings. The molecular formula is C13H19NO2S. The van der Waals surface area contributed by atoms with Crippen molar-refractivity contribution >= 4 is 9.84 Å². The fourth-order valence-corrected chi connectivity index (χ4v) is 3.74. The van der Waals surface area contributed by atoms with Crippen LogP contribution in [0.15, 0.2) is 30.3 Å². The minimum atomic E-state index is -2.76. The summed E-state index contributed by atoms with van der Waals surface area (Å²) in [5.74, 6) is 0.651. The van der Waals surface area contributed by atoms with Crippen LogP contribution in [0, 0.1) is 0 Å². The van der Waals surface area contributed by atoms with Gasteiger partial charge >= 0.3 is 0 Å². The summed E-state index contributed by atoms with van der Waals surface area (Å²) in [6.45, 7) is 2.12. The molecule has 0 spiro atoms.